The van der Waals surface area contributed by atoms with Crippen LogP contribution < -0.4 is 5.32 Å². The van der Waals surface area contributed by atoms with Crippen molar-refractivity contribution in [3.63, 3.8) is 0 Å². The molecule has 3 atom stereocenters. The lowest BCUT2D eigenvalue weighted by Gasteiger charge is -2.31. The molecule has 1 fully saturated rings. The summed E-state index contributed by atoms with van der Waals surface area (Å²) in [6.45, 7) is 4.48. The summed E-state index contributed by atoms with van der Waals surface area (Å²) in [5.41, 5.74) is 0. The second-order valence-electron chi connectivity index (χ2n) is 4.16. The lowest BCUT2D eigenvalue weighted by molar-refractivity contribution is 0.269. The van der Waals surface area contributed by atoms with Gasteiger partial charge in [-0.1, -0.05) is 32.6 Å². The van der Waals surface area contributed by atoms with Crippen LogP contribution in [0.15, 0.2) is 0 Å². The van der Waals surface area contributed by atoms with Gasteiger partial charge >= 0.3 is 0 Å². The molecular weight excluding hydrogens is 158 g/mol. The second-order valence-corrected chi connectivity index (χ2v) is 4.16. The summed E-state index contributed by atoms with van der Waals surface area (Å²) in [5, 5.41) is 3.57. The molecule has 0 bridgehead atoms. The van der Waals surface area contributed by atoms with Crippen molar-refractivity contribution < 1.29 is 0 Å². The van der Waals surface area contributed by atoms with Crippen LogP contribution in [0.4, 0.5) is 0 Å². The van der Waals surface area contributed by atoms with Gasteiger partial charge in [0.05, 0.1) is 6.04 Å². The Morgan fingerprint density at radius 2 is 2.15 bits per heavy atom. The quantitative estimate of drug-likeness (QED) is 0.657. The third-order valence-electron chi connectivity index (χ3n) is 3.14. The SMILES string of the molecule is C#CC(CC)NC1CCCCC1C. The highest BCUT2D eigenvalue weighted by atomic mass is 14.9. The average molecular weight is 179 g/mol. The first kappa shape index (κ1) is 10.6. The Hall–Kier alpha value is -0.480. The fraction of sp³-hybridized carbons (Fsp3) is 0.833. The Kier molecular flexibility index (Phi) is 4.32. The topological polar surface area (TPSA) is 12.0 Å². The maximum Gasteiger partial charge on any atom is 0.0686 e. The molecule has 0 spiro atoms. The van der Waals surface area contributed by atoms with E-state index in [1.807, 2.05) is 0 Å². The highest BCUT2D eigenvalue weighted by Crippen LogP contribution is 2.24. The minimum absolute atomic E-state index is 0.283. The van der Waals surface area contributed by atoms with E-state index in [0.717, 1.165) is 12.3 Å². The lowest BCUT2D eigenvalue weighted by atomic mass is 9.85. The van der Waals surface area contributed by atoms with E-state index in [4.69, 9.17) is 6.42 Å². The van der Waals surface area contributed by atoms with Crippen LogP contribution in [-0.4, -0.2) is 12.1 Å². The number of rotatable bonds is 3. The lowest BCUT2D eigenvalue weighted by Crippen LogP contribution is -2.42. The molecule has 1 heteroatoms. The zero-order chi connectivity index (χ0) is 9.68. The molecular formula is C12H21N. The van der Waals surface area contributed by atoms with Gasteiger partial charge in [0.25, 0.3) is 0 Å². The van der Waals surface area contributed by atoms with Gasteiger partial charge in [0, 0.05) is 6.04 Å². The van der Waals surface area contributed by atoms with E-state index in [0.29, 0.717) is 6.04 Å². The van der Waals surface area contributed by atoms with Crippen LogP contribution in [0, 0.1) is 18.3 Å². The monoisotopic (exact) mass is 179 g/mol. The van der Waals surface area contributed by atoms with Crippen LogP contribution in [0.2, 0.25) is 0 Å². The second kappa shape index (κ2) is 5.29. The summed E-state index contributed by atoms with van der Waals surface area (Å²) in [4.78, 5) is 0. The molecule has 3 unspecified atom stereocenters. The molecule has 1 rings (SSSR count). The molecule has 0 radical (unpaired) electrons. The van der Waals surface area contributed by atoms with E-state index in [1.54, 1.807) is 0 Å². The van der Waals surface area contributed by atoms with Gasteiger partial charge in [0.15, 0.2) is 0 Å². The Morgan fingerprint density at radius 3 is 2.69 bits per heavy atom. The summed E-state index contributed by atoms with van der Waals surface area (Å²) >= 11 is 0. The zero-order valence-electron chi connectivity index (χ0n) is 8.84. The zero-order valence-corrected chi connectivity index (χ0v) is 8.84. The molecule has 74 valence electrons. The van der Waals surface area contributed by atoms with Crippen LogP contribution in [0.5, 0.6) is 0 Å². The van der Waals surface area contributed by atoms with Crippen LogP contribution in [-0.2, 0) is 0 Å². The van der Waals surface area contributed by atoms with Crippen molar-refractivity contribution in [3.8, 4) is 12.3 Å². The van der Waals surface area contributed by atoms with E-state index >= 15 is 0 Å². The van der Waals surface area contributed by atoms with Gasteiger partial charge < -0.3 is 5.32 Å². The molecule has 0 aliphatic heterocycles. The smallest absolute Gasteiger partial charge is 0.0686 e. The fourth-order valence-electron chi connectivity index (χ4n) is 2.11. The Labute approximate surface area is 82.3 Å². The van der Waals surface area contributed by atoms with E-state index in [-0.39, 0.29) is 6.04 Å². The molecule has 1 saturated carbocycles. The summed E-state index contributed by atoms with van der Waals surface area (Å²) in [5.74, 6) is 3.61. The molecule has 1 aliphatic rings. The Bertz CT molecular complexity index is 180. The third-order valence-corrected chi connectivity index (χ3v) is 3.14. The van der Waals surface area contributed by atoms with Crippen LogP contribution >= 0.6 is 0 Å². The molecule has 1 aliphatic carbocycles. The molecule has 0 heterocycles. The highest BCUT2D eigenvalue weighted by Gasteiger charge is 2.22. The summed E-state index contributed by atoms with van der Waals surface area (Å²) in [6, 6.07) is 0.945. The first-order valence-corrected chi connectivity index (χ1v) is 5.50. The predicted molar refractivity (Wildman–Crippen MR) is 57.5 cm³/mol. The minimum atomic E-state index is 0.283. The van der Waals surface area contributed by atoms with Crippen molar-refractivity contribution in [2.45, 2.75) is 58.0 Å². The van der Waals surface area contributed by atoms with Gasteiger partial charge in [-0.25, -0.2) is 0 Å². The van der Waals surface area contributed by atoms with Gasteiger partial charge in [-0.05, 0) is 25.2 Å². The number of nitrogens with one attached hydrogen (secondary N) is 1. The fourth-order valence-corrected chi connectivity index (χ4v) is 2.11. The van der Waals surface area contributed by atoms with Crippen molar-refractivity contribution in [1.82, 2.24) is 5.32 Å². The average Bonchev–Trinajstić information content (AvgIpc) is 2.17. The van der Waals surface area contributed by atoms with Gasteiger partial charge in [0.2, 0.25) is 0 Å². The van der Waals surface area contributed by atoms with E-state index < -0.39 is 0 Å². The Balaban J connectivity index is 2.37. The van der Waals surface area contributed by atoms with Crippen LogP contribution in [0.3, 0.4) is 0 Å². The van der Waals surface area contributed by atoms with Crippen molar-refractivity contribution in [2.24, 2.45) is 5.92 Å². The van der Waals surface area contributed by atoms with Crippen LogP contribution in [0.1, 0.15) is 46.0 Å². The molecule has 0 aromatic heterocycles. The molecule has 0 saturated heterocycles. The molecule has 13 heavy (non-hydrogen) atoms. The number of terminal acetylenes is 1. The van der Waals surface area contributed by atoms with E-state index in [1.165, 1.54) is 25.7 Å². The summed E-state index contributed by atoms with van der Waals surface area (Å²) in [7, 11) is 0. The van der Waals surface area contributed by atoms with E-state index in [2.05, 4.69) is 25.1 Å². The van der Waals surface area contributed by atoms with Crippen molar-refractivity contribution >= 4 is 0 Å². The Morgan fingerprint density at radius 1 is 1.46 bits per heavy atom. The number of hydrogen-bond acceptors (Lipinski definition) is 1. The highest BCUT2D eigenvalue weighted by molar-refractivity contribution is 4.99. The first-order valence-electron chi connectivity index (χ1n) is 5.50. The van der Waals surface area contributed by atoms with E-state index in [9.17, 15) is 0 Å². The van der Waals surface area contributed by atoms with Gasteiger partial charge in [-0.15, -0.1) is 6.42 Å². The standard InChI is InChI=1S/C12H21N/c1-4-11(5-2)13-12-9-7-6-8-10(12)3/h1,10-13H,5-9H2,2-3H3. The van der Waals surface area contributed by atoms with Crippen molar-refractivity contribution in [3.05, 3.63) is 0 Å². The van der Waals surface area contributed by atoms with Gasteiger partial charge in [-0.3, -0.25) is 0 Å². The summed E-state index contributed by atoms with van der Waals surface area (Å²) < 4.78 is 0. The predicted octanol–water partition coefficient (Wildman–Crippen LogP) is 2.57. The van der Waals surface area contributed by atoms with Gasteiger partial charge in [-0.2, -0.15) is 0 Å². The van der Waals surface area contributed by atoms with Gasteiger partial charge in [0.1, 0.15) is 0 Å². The maximum absolute atomic E-state index is 5.43. The molecule has 1 N–H and O–H groups in total. The van der Waals surface area contributed by atoms with Crippen molar-refractivity contribution in [1.29, 1.82) is 0 Å². The normalized spacial score (nSPS) is 30.8. The van der Waals surface area contributed by atoms with Crippen LogP contribution in [0.25, 0.3) is 0 Å². The summed E-state index contributed by atoms with van der Waals surface area (Å²) in [6.07, 6.45) is 11.9. The third kappa shape index (κ3) is 3.04. The minimum Gasteiger partial charge on any atom is -0.301 e. The molecule has 0 aromatic rings. The first-order chi connectivity index (χ1) is 6.27. The maximum atomic E-state index is 5.43. The molecule has 1 nitrogen and oxygen atoms in total. The van der Waals surface area contributed by atoms with Crippen molar-refractivity contribution in [2.75, 3.05) is 0 Å². The molecule has 0 amide bonds. The largest absolute Gasteiger partial charge is 0.301 e. The number of hydrogen-bond donors (Lipinski definition) is 1. The molecule has 0 aromatic carbocycles.